The number of fused-ring (bicyclic) bond motifs is 1. The number of hydrogen-bond acceptors (Lipinski definition) is 9. The summed E-state index contributed by atoms with van der Waals surface area (Å²) in [7, 11) is 0. The molecule has 5 aromatic rings. The van der Waals surface area contributed by atoms with Crippen molar-refractivity contribution < 1.29 is 18.8 Å². The van der Waals surface area contributed by atoms with E-state index in [1.165, 1.54) is 6.07 Å². The number of anilines is 3. The van der Waals surface area contributed by atoms with Crippen LogP contribution in [0, 0.1) is 18.6 Å². The van der Waals surface area contributed by atoms with Crippen molar-refractivity contribution in [2.75, 3.05) is 36.4 Å². The number of amides is 1. The van der Waals surface area contributed by atoms with E-state index < -0.39 is 17.5 Å². The van der Waals surface area contributed by atoms with Gasteiger partial charge in [0.1, 0.15) is 22.9 Å². The maximum Gasteiger partial charge on any atom is 0.274 e. The van der Waals surface area contributed by atoms with Crippen molar-refractivity contribution in [2.24, 2.45) is 0 Å². The zero-order chi connectivity index (χ0) is 31.7. The number of piperazine rings is 1. The van der Waals surface area contributed by atoms with Gasteiger partial charge in [0, 0.05) is 49.9 Å². The number of pyridine rings is 1. The maximum absolute atomic E-state index is 15.0. The first kappa shape index (κ1) is 32.7. The highest BCUT2D eigenvalue weighted by Gasteiger charge is 2.20. The van der Waals surface area contributed by atoms with Gasteiger partial charge >= 0.3 is 0 Å². The number of rotatable bonds is 8. The molecule has 11 nitrogen and oxygen atoms in total. The summed E-state index contributed by atoms with van der Waals surface area (Å²) in [6.45, 7) is 9.89. The van der Waals surface area contributed by atoms with Crippen molar-refractivity contribution in [1.82, 2.24) is 34.9 Å². The van der Waals surface area contributed by atoms with Crippen molar-refractivity contribution in [1.29, 1.82) is 0 Å². The third-order valence-electron chi connectivity index (χ3n) is 7.91. The molecule has 0 bridgehead atoms. The zero-order valence-corrected chi connectivity index (χ0v) is 26.4. The van der Waals surface area contributed by atoms with Crippen LogP contribution in [0.5, 0.6) is 0 Å². The van der Waals surface area contributed by atoms with E-state index in [9.17, 15) is 9.18 Å². The summed E-state index contributed by atoms with van der Waals surface area (Å²) in [5, 5.41) is 11.8. The van der Waals surface area contributed by atoms with E-state index in [-0.39, 0.29) is 35.6 Å². The highest BCUT2D eigenvalue weighted by atomic mass is 35.5. The molecule has 1 aliphatic heterocycles. The van der Waals surface area contributed by atoms with Crippen LogP contribution in [-0.2, 0) is 6.54 Å². The molecule has 0 atom stereocenters. The van der Waals surface area contributed by atoms with E-state index in [2.05, 4.69) is 35.1 Å². The molecule has 0 spiro atoms. The van der Waals surface area contributed by atoms with E-state index in [0.29, 0.717) is 28.3 Å². The number of carbonyl (C=O) groups excluding carboxylic acids is 1. The summed E-state index contributed by atoms with van der Waals surface area (Å²) < 4.78 is 31.9. The van der Waals surface area contributed by atoms with Gasteiger partial charge in [0.2, 0.25) is 5.95 Å². The van der Waals surface area contributed by atoms with Crippen LogP contribution in [0.15, 0.2) is 60.9 Å². The number of halogens is 3. The van der Waals surface area contributed by atoms with Crippen LogP contribution < -0.4 is 15.7 Å². The summed E-state index contributed by atoms with van der Waals surface area (Å²) in [5.41, 5.74) is 5.19. The largest absolute Gasteiger partial charge is 0.368 e. The van der Waals surface area contributed by atoms with E-state index in [0.717, 1.165) is 50.2 Å². The lowest BCUT2D eigenvalue weighted by Gasteiger charge is -2.36. The molecule has 240 valence electrons. The predicted octanol–water partition coefficient (Wildman–Crippen LogP) is 5.66. The fourth-order valence-corrected chi connectivity index (χ4v) is 5.70. The average molecular weight is 650 g/mol. The molecule has 14 heteroatoms. The summed E-state index contributed by atoms with van der Waals surface area (Å²) in [6.07, 6.45) is 2.83. The van der Waals surface area contributed by atoms with Gasteiger partial charge in [0.25, 0.3) is 5.91 Å². The Labute approximate surface area is 270 Å². The Hall–Kier alpha value is -4.72. The molecule has 0 aliphatic carbocycles. The third kappa shape index (κ3) is 6.76. The summed E-state index contributed by atoms with van der Waals surface area (Å²) in [5.74, 6) is -0.436. The Kier molecular flexibility index (Phi) is 9.75. The van der Waals surface area contributed by atoms with E-state index in [4.69, 9.17) is 5.21 Å². The molecule has 3 N–H and O–H groups in total. The van der Waals surface area contributed by atoms with Gasteiger partial charge in [-0.1, -0.05) is 12.1 Å². The molecular weight excluding hydrogens is 616 g/mol. The Morgan fingerprint density at radius 1 is 0.957 bits per heavy atom. The number of aromatic nitrogens is 5. The first-order valence-corrected chi connectivity index (χ1v) is 14.6. The Balaban J connectivity index is 0.00000417. The normalized spacial score (nSPS) is 13.6. The van der Waals surface area contributed by atoms with E-state index in [1.54, 1.807) is 29.9 Å². The smallest absolute Gasteiger partial charge is 0.274 e. The zero-order valence-electron chi connectivity index (χ0n) is 25.5. The van der Waals surface area contributed by atoms with Gasteiger partial charge in [-0.05, 0) is 62.7 Å². The number of hydrogen-bond donors (Lipinski definition) is 3. The molecular formula is C32H34ClF2N9O2. The van der Waals surface area contributed by atoms with Gasteiger partial charge in [0.15, 0.2) is 11.6 Å². The number of carbonyl (C=O) groups is 1. The molecule has 3 aromatic heterocycles. The van der Waals surface area contributed by atoms with Crippen LogP contribution in [0.1, 0.15) is 41.6 Å². The van der Waals surface area contributed by atoms with Crippen LogP contribution in [0.4, 0.5) is 26.2 Å². The van der Waals surface area contributed by atoms with Crippen LogP contribution in [-0.4, -0.2) is 66.7 Å². The topological polar surface area (TPSA) is 124 Å². The highest BCUT2D eigenvalue weighted by Crippen LogP contribution is 2.30. The van der Waals surface area contributed by atoms with Crippen molar-refractivity contribution in [3.8, 4) is 11.3 Å². The minimum Gasteiger partial charge on any atom is -0.368 e. The second-order valence-electron chi connectivity index (χ2n) is 11.3. The predicted molar refractivity (Wildman–Crippen MR) is 174 cm³/mol. The second kappa shape index (κ2) is 13.7. The number of hydroxylamine groups is 1. The molecule has 0 radical (unpaired) electrons. The van der Waals surface area contributed by atoms with Gasteiger partial charge in [-0.2, -0.15) is 0 Å². The van der Waals surface area contributed by atoms with Crippen molar-refractivity contribution >= 4 is 46.8 Å². The molecule has 1 fully saturated rings. The summed E-state index contributed by atoms with van der Waals surface area (Å²) in [4.78, 5) is 33.4. The van der Waals surface area contributed by atoms with Crippen LogP contribution >= 0.6 is 12.4 Å². The van der Waals surface area contributed by atoms with Crippen molar-refractivity contribution in [3.05, 3.63) is 89.5 Å². The number of nitrogens with zero attached hydrogens (tertiary/aromatic N) is 7. The number of imidazole rings is 1. The Morgan fingerprint density at radius 2 is 1.70 bits per heavy atom. The lowest BCUT2D eigenvalue weighted by Crippen LogP contribution is -2.46. The molecule has 0 saturated carbocycles. The standard InChI is InChI=1S/C32H33F2N9O2.ClH/c1-19(2)43-20(3)37-30-25(33)14-23(15-27(30)43)29-26(34)17-36-32(39-29)38-28-9-8-24(16-35-28)42-12-10-41(11-13-42)18-21-4-6-22(7-5-21)31(44)40-45;/h4-9,14-17,19,45H,10-13,18H2,1-3H3,(H,40,44)(H,35,36,38,39);1H. The molecule has 1 saturated heterocycles. The number of nitrogens with one attached hydrogen (secondary N) is 2. The van der Waals surface area contributed by atoms with Crippen LogP contribution in [0.3, 0.4) is 0 Å². The second-order valence-corrected chi connectivity index (χ2v) is 11.3. The van der Waals surface area contributed by atoms with Gasteiger partial charge in [-0.3, -0.25) is 14.9 Å². The van der Waals surface area contributed by atoms with Crippen molar-refractivity contribution in [3.63, 3.8) is 0 Å². The van der Waals surface area contributed by atoms with Gasteiger partial charge < -0.3 is 14.8 Å². The highest BCUT2D eigenvalue weighted by molar-refractivity contribution is 5.93. The molecule has 6 rings (SSSR count). The SMILES string of the molecule is Cc1nc2c(F)cc(-c3nc(Nc4ccc(N5CCN(Cc6ccc(C(=O)NO)cc6)CC5)cn4)ncc3F)cc2n1C(C)C.Cl. The fraction of sp³-hybridized carbons (Fsp3) is 0.281. The number of benzene rings is 2. The number of aryl methyl sites for hydroxylation is 1. The third-order valence-corrected chi connectivity index (χ3v) is 7.91. The van der Waals surface area contributed by atoms with E-state index in [1.807, 2.05) is 49.6 Å². The molecule has 2 aromatic carbocycles. The fourth-order valence-electron chi connectivity index (χ4n) is 5.70. The maximum atomic E-state index is 15.0. The molecule has 0 unspecified atom stereocenters. The molecule has 46 heavy (non-hydrogen) atoms. The first-order chi connectivity index (χ1) is 21.7. The van der Waals surface area contributed by atoms with E-state index >= 15 is 4.39 Å². The minimum atomic E-state index is -0.666. The van der Waals surface area contributed by atoms with Crippen molar-refractivity contribution in [2.45, 2.75) is 33.4 Å². The Bertz CT molecular complexity index is 1840. The minimum absolute atomic E-state index is 0. The quantitative estimate of drug-likeness (QED) is 0.144. The molecule has 1 aliphatic rings. The lowest BCUT2D eigenvalue weighted by molar-refractivity contribution is 0.0706. The first-order valence-electron chi connectivity index (χ1n) is 14.6. The summed E-state index contributed by atoms with van der Waals surface area (Å²) >= 11 is 0. The molecule has 4 heterocycles. The average Bonchev–Trinajstić information content (AvgIpc) is 3.39. The van der Waals surface area contributed by atoms with Gasteiger partial charge in [-0.15, -0.1) is 12.4 Å². The monoisotopic (exact) mass is 649 g/mol. The van der Waals surface area contributed by atoms with Gasteiger partial charge in [0.05, 0.1) is 23.6 Å². The van der Waals surface area contributed by atoms with Gasteiger partial charge in [-0.25, -0.2) is 34.2 Å². The Morgan fingerprint density at radius 3 is 2.35 bits per heavy atom. The van der Waals surface area contributed by atoms with Crippen LogP contribution in [0.2, 0.25) is 0 Å². The molecule has 1 amide bonds. The van der Waals surface area contributed by atoms with Crippen LogP contribution in [0.25, 0.3) is 22.3 Å². The summed E-state index contributed by atoms with van der Waals surface area (Å²) in [6, 6.07) is 13.9. The lowest BCUT2D eigenvalue weighted by atomic mass is 10.1.